The Morgan fingerprint density at radius 3 is 2.07 bits per heavy atom. The number of likely N-dealkylation sites (N-methyl/N-ethyl adjacent to an activating group) is 1. The zero-order valence-corrected chi connectivity index (χ0v) is 17.1. The van der Waals surface area contributed by atoms with Crippen molar-refractivity contribution in [1.29, 1.82) is 0 Å². The lowest BCUT2D eigenvalue weighted by molar-refractivity contribution is -0.127. The first-order chi connectivity index (χ1) is 13.9. The number of carbonyl (C=O) groups excluding carboxylic acids is 3. The number of rotatable bonds is 9. The maximum Gasteiger partial charge on any atom is 0.238 e. The molecule has 3 N–H and O–H groups in total. The predicted molar refractivity (Wildman–Crippen MR) is 114 cm³/mol. The summed E-state index contributed by atoms with van der Waals surface area (Å²) in [5.74, 6) is -0.482. The van der Waals surface area contributed by atoms with Crippen LogP contribution in [0.2, 0.25) is 0 Å². The quantitative estimate of drug-likeness (QED) is 0.608. The van der Waals surface area contributed by atoms with Gasteiger partial charge in [-0.1, -0.05) is 37.3 Å². The van der Waals surface area contributed by atoms with E-state index in [2.05, 4.69) is 16.0 Å². The molecule has 0 aliphatic heterocycles. The molecular weight excluding hydrogens is 368 g/mol. The molecule has 1 unspecified atom stereocenters. The van der Waals surface area contributed by atoms with E-state index < -0.39 is 6.04 Å². The number of amides is 3. The third-order valence-electron chi connectivity index (χ3n) is 4.48. The average Bonchev–Trinajstić information content (AvgIpc) is 2.71. The minimum Gasteiger partial charge on any atom is -0.351 e. The van der Waals surface area contributed by atoms with Gasteiger partial charge in [0.25, 0.3) is 0 Å². The molecule has 2 rings (SSSR count). The van der Waals surface area contributed by atoms with Gasteiger partial charge in [0.05, 0.1) is 12.6 Å². The van der Waals surface area contributed by atoms with Crippen LogP contribution in [-0.4, -0.2) is 41.8 Å². The molecule has 0 bridgehead atoms. The van der Waals surface area contributed by atoms with Crippen LogP contribution in [0.4, 0.5) is 11.4 Å². The van der Waals surface area contributed by atoms with Crippen LogP contribution in [0.3, 0.4) is 0 Å². The van der Waals surface area contributed by atoms with Crippen molar-refractivity contribution in [2.75, 3.05) is 23.7 Å². The Morgan fingerprint density at radius 1 is 0.931 bits per heavy atom. The summed E-state index contributed by atoms with van der Waals surface area (Å²) in [4.78, 5) is 37.7. The standard InChI is InChI=1S/C22H28N4O3/c1-4-26(16(2)22(29)23-14-18-8-6-5-7-9-18)15-21(28)25-20-12-10-19(11-13-20)24-17(3)27/h5-13,16H,4,14-15H2,1-3H3,(H,23,29)(H,24,27)(H,25,28). The fraction of sp³-hybridized carbons (Fsp3) is 0.318. The third kappa shape index (κ3) is 7.38. The summed E-state index contributed by atoms with van der Waals surface area (Å²) in [5, 5.41) is 8.40. The molecule has 2 aromatic rings. The zero-order valence-electron chi connectivity index (χ0n) is 17.1. The van der Waals surface area contributed by atoms with Gasteiger partial charge < -0.3 is 16.0 Å². The third-order valence-corrected chi connectivity index (χ3v) is 4.48. The Balaban J connectivity index is 1.86. The summed E-state index contributed by atoms with van der Waals surface area (Å²) in [6.07, 6.45) is 0. The van der Waals surface area contributed by atoms with Gasteiger partial charge in [0.2, 0.25) is 17.7 Å². The molecule has 0 saturated heterocycles. The van der Waals surface area contributed by atoms with Crippen molar-refractivity contribution < 1.29 is 14.4 Å². The van der Waals surface area contributed by atoms with Gasteiger partial charge in [-0.05, 0) is 43.3 Å². The number of benzene rings is 2. The number of nitrogens with one attached hydrogen (secondary N) is 3. The minimum atomic E-state index is -0.434. The van der Waals surface area contributed by atoms with E-state index in [1.165, 1.54) is 6.92 Å². The van der Waals surface area contributed by atoms with E-state index in [1.807, 2.05) is 37.3 Å². The number of hydrogen-bond donors (Lipinski definition) is 3. The lowest BCUT2D eigenvalue weighted by Gasteiger charge is -2.26. The summed E-state index contributed by atoms with van der Waals surface area (Å²) in [5.41, 5.74) is 2.31. The van der Waals surface area contributed by atoms with Crippen molar-refractivity contribution in [3.05, 3.63) is 60.2 Å². The topological polar surface area (TPSA) is 90.5 Å². The smallest absolute Gasteiger partial charge is 0.238 e. The van der Waals surface area contributed by atoms with E-state index in [0.717, 1.165) is 5.56 Å². The van der Waals surface area contributed by atoms with E-state index >= 15 is 0 Å². The number of carbonyl (C=O) groups is 3. The maximum atomic E-state index is 12.5. The normalized spacial score (nSPS) is 11.6. The second kappa shape index (κ2) is 11.0. The first-order valence-electron chi connectivity index (χ1n) is 9.62. The maximum absolute atomic E-state index is 12.5. The van der Waals surface area contributed by atoms with Crippen LogP contribution in [0.15, 0.2) is 54.6 Å². The highest BCUT2D eigenvalue weighted by Gasteiger charge is 2.22. The molecule has 0 aliphatic rings. The number of nitrogens with zero attached hydrogens (tertiary/aromatic N) is 1. The van der Waals surface area contributed by atoms with Gasteiger partial charge >= 0.3 is 0 Å². The Morgan fingerprint density at radius 2 is 1.52 bits per heavy atom. The van der Waals surface area contributed by atoms with Gasteiger partial charge in [-0.2, -0.15) is 0 Å². The average molecular weight is 396 g/mol. The zero-order chi connectivity index (χ0) is 21.2. The van der Waals surface area contributed by atoms with Gasteiger partial charge in [0.15, 0.2) is 0 Å². The largest absolute Gasteiger partial charge is 0.351 e. The molecule has 0 radical (unpaired) electrons. The number of hydrogen-bond acceptors (Lipinski definition) is 4. The molecule has 0 heterocycles. The van der Waals surface area contributed by atoms with E-state index in [0.29, 0.717) is 24.5 Å². The van der Waals surface area contributed by atoms with E-state index in [1.54, 1.807) is 36.1 Å². The molecule has 29 heavy (non-hydrogen) atoms. The highest BCUT2D eigenvalue weighted by molar-refractivity contribution is 5.93. The lowest BCUT2D eigenvalue weighted by Crippen LogP contribution is -2.47. The first-order valence-corrected chi connectivity index (χ1v) is 9.62. The Labute approximate surface area is 171 Å². The highest BCUT2D eigenvalue weighted by Crippen LogP contribution is 2.13. The van der Waals surface area contributed by atoms with Crippen LogP contribution in [0.25, 0.3) is 0 Å². The fourth-order valence-corrected chi connectivity index (χ4v) is 2.85. The number of anilines is 2. The van der Waals surface area contributed by atoms with Crippen molar-refractivity contribution in [2.45, 2.75) is 33.4 Å². The summed E-state index contributed by atoms with van der Waals surface area (Å²) in [6, 6.07) is 16.1. The van der Waals surface area contributed by atoms with E-state index in [-0.39, 0.29) is 24.3 Å². The molecule has 3 amide bonds. The molecule has 1 atom stereocenters. The Hall–Kier alpha value is -3.19. The van der Waals surface area contributed by atoms with Crippen LogP contribution < -0.4 is 16.0 Å². The van der Waals surface area contributed by atoms with Crippen LogP contribution >= 0.6 is 0 Å². The van der Waals surface area contributed by atoms with Gasteiger partial charge in [0.1, 0.15) is 0 Å². The van der Waals surface area contributed by atoms with Gasteiger partial charge in [0, 0.05) is 24.8 Å². The van der Waals surface area contributed by atoms with Crippen LogP contribution in [-0.2, 0) is 20.9 Å². The van der Waals surface area contributed by atoms with Gasteiger partial charge in [-0.25, -0.2) is 0 Å². The first kappa shape index (κ1) is 22.1. The van der Waals surface area contributed by atoms with E-state index in [9.17, 15) is 14.4 Å². The summed E-state index contributed by atoms with van der Waals surface area (Å²) in [7, 11) is 0. The van der Waals surface area contributed by atoms with Crippen molar-refractivity contribution in [1.82, 2.24) is 10.2 Å². The predicted octanol–water partition coefficient (Wildman–Crippen LogP) is 2.61. The second-order valence-corrected chi connectivity index (χ2v) is 6.75. The molecule has 0 aliphatic carbocycles. The second-order valence-electron chi connectivity index (χ2n) is 6.75. The molecule has 7 nitrogen and oxygen atoms in total. The van der Waals surface area contributed by atoms with Crippen molar-refractivity contribution in [3.8, 4) is 0 Å². The van der Waals surface area contributed by atoms with Crippen LogP contribution in [0.1, 0.15) is 26.3 Å². The van der Waals surface area contributed by atoms with Gasteiger partial charge in [-0.3, -0.25) is 19.3 Å². The van der Waals surface area contributed by atoms with E-state index in [4.69, 9.17) is 0 Å². The monoisotopic (exact) mass is 396 g/mol. The van der Waals surface area contributed by atoms with Gasteiger partial charge in [-0.15, -0.1) is 0 Å². The minimum absolute atomic E-state index is 0.101. The summed E-state index contributed by atoms with van der Waals surface area (Å²) < 4.78 is 0. The molecule has 0 saturated carbocycles. The van der Waals surface area contributed by atoms with Crippen LogP contribution in [0, 0.1) is 0 Å². The lowest BCUT2D eigenvalue weighted by atomic mass is 10.2. The Kier molecular flexibility index (Phi) is 8.36. The Bertz CT molecular complexity index is 822. The fourth-order valence-electron chi connectivity index (χ4n) is 2.85. The molecule has 0 fully saturated rings. The van der Waals surface area contributed by atoms with Crippen molar-refractivity contribution in [2.24, 2.45) is 0 Å². The molecule has 0 spiro atoms. The molecule has 2 aromatic carbocycles. The van der Waals surface area contributed by atoms with Crippen LogP contribution in [0.5, 0.6) is 0 Å². The summed E-state index contributed by atoms with van der Waals surface area (Å²) >= 11 is 0. The molecule has 0 aromatic heterocycles. The molecular formula is C22H28N4O3. The summed E-state index contributed by atoms with van der Waals surface area (Å²) in [6.45, 7) is 6.26. The van der Waals surface area contributed by atoms with Crippen molar-refractivity contribution in [3.63, 3.8) is 0 Å². The molecule has 154 valence electrons. The van der Waals surface area contributed by atoms with Crippen molar-refractivity contribution >= 4 is 29.1 Å². The molecule has 7 heteroatoms. The SMILES string of the molecule is CCN(CC(=O)Nc1ccc(NC(C)=O)cc1)C(C)C(=O)NCc1ccccc1. The highest BCUT2D eigenvalue weighted by atomic mass is 16.2.